The van der Waals surface area contributed by atoms with Crippen molar-refractivity contribution in [3.63, 3.8) is 0 Å². The number of nitrogens with zero attached hydrogens (tertiary/aromatic N) is 5. The summed E-state index contributed by atoms with van der Waals surface area (Å²) in [5.74, 6) is 1.48. The molecule has 1 aliphatic carbocycles. The highest BCUT2D eigenvalue weighted by Gasteiger charge is 2.25. The summed E-state index contributed by atoms with van der Waals surface area (Å²) in [5.41, 5.74) is 1.72. The lowest BCUT2D eigenvalue weighted by Crippen LogP contribution is -2.36. The Morgan fingerprint density at radius 2 is 1.62 bits per heavy atom. The van der Waals surface area contributed by atoms with Crippen LogP contribution in [0.15, 0.2) is 59.9 Å². The van der Waals surface area contributed by atoms with E-state index in [1.807, 2.05) is 30.6 Å². The Bertz CT molecular complexity index is 1080. The quantitative estimate of drug-likeness (QED) is 0.611. The minimum absolute atomic E-state index is 0.0695. The number of pyridine rings is 2. The Kier molecular flexibility index (Phi) is 5.98. The molecule has 2 fully saturated rings. The van der Waals surface area contributed by atoms with E-state index >= 15 is 0 Å². The number of hydrogen-bond acceptors (Lipinski definition) is 8. The molecule has 9 heteroatoms. The van der Waals surface area contributed by atoms with Gasteiger partial charge in [0.1, 0.15) is 5.82 Å². The van der Waals surface area contributed by atoms with Crippen LogP contribution < -0.4 is 21.1 Å². The van der Waals surface area contributed by atoms with Gasteiger partial charge in [-0.3, -0.25) is 9.36 Å². The summed E-state index contributed by atoms with van der Waals surface area (Å²) >= 11 is 0. The summed E-state index contributed by atoms with van der Waals surface area (Å²) in [5, 5.41) is 6.96. The van der Waals surface area contributed by atoms with Gasteiger partial charge in [-0.1, -0.05) is 6.07 Å². The molecule has 0 radical (unpaired) electrons. The third kappa shape index (κ3) is 4.72. The lowest BCUT2D eigenvalue weighted by atomic mass is 10.2. The SMILES string of the molecule is O=c1ccccn1-c1ccc(N[C@H]2CC[C@H](Nc3ncc(N4CCOCC4)cn3)C2)nc1. The lowest BCUT2D eigenvalue weighted by Gasteiger charge is -2.28. The van der Waals surface area contributed by atoms with Crippen molar-refractivity contribution in [3.05, 3.63) is 65.5 Å². The molecule has 0 aromatic carbocycles. The number of nitrogens with one attached hydrogen (secondary N) is 2. The third-order valence-electron chi connectivity index (χ3n) is 5.98. The van der Waals surface area contributed by atoms with E-state index in [4.69, 9.17) is 4.74 Å². The van der Waals surface area contributed by atoms with Crippen LogP contribution in [0.4, 0.5) is 17.5 Å². The first-order valence-electron chi connectivity index (χ1n) is 11.1. The summed E-state index contributed by atoms with van der Waals surface area (Å²) < 4.78 is 6.98. The molecule has 0 bridgehead atoms. The Morgan fingerprint density at radius 1 is 0.875 bits per heavy atom. The highest BCUT2D eigenvalue weighted by molar-refractivity contribution is 5.45. The van der Waals surface area contributed by atoms with E-state index in [9.17, 15) is 4.79 Å². The van der Waals surface area contributed by atoms with Crippen molar-refractivity contribution in [2.75, 3.05) is 41.8 Å². The molecule has 0 amide bonds. The number of morpholine rings is 1. The molecule has 32 heavy (non-hydrogen) atoms. The molecule has 2 N–H and O–H groups in total. The summed E-state index contributed by atoms with van der Waals surface area (Å²) in [7, 11) is 0. The van der Waals surface area contributed by atoms with Gasteiger partial charge in [-0.15, -0.1) is 0 Å². The first-order chi connectivity index (χ1) is 15.7. The van der Waals surface area contributed by atoms with E-state index in [1.54, 1.807) is 23.0 Å². The van der Waals surface area contributed by atoms with E-state index < -0.39 is 0 Å². The van der Waals surface area contributed by atoms with E-state index in [-0.39, 0.29) is 5.56 Å². The van der Waals surface area contributed by atoms with Crippen LogP contribution in [0.25, 0.3) is 5.69 Å². The molecule has 1 saturated heterocycles. The second kappa shape index (κ2) is 9.35. The largest absolute Gasteiger partial charge is 0.378 e. The van der Waals surface area contributed by atoms with Gasteiger partial charge >= 0.3 is 0 Å². The van der Waals surface area contributed by atoms with Gasteiger partial charge < -0.3 is 20.3 Å². The number of anilines is 3. The fraction of sp³-hybridized carbons (Fsp3) is 0.391. The van der Waals surface area contributed by atoms with Crippen molar-refractivity contribution < 1.29 is 4.74 Å². The van der Waals surface area contributed by atoms with E-state index in [0.29, 0.717) is 18.0 Å². The first-order valence-corrected chi connectivity index (χ1v) is 11.1. The second-order valence-electron chi connectivity index (χ2n) is 8.17. The molecule has 1 saturated carbocycles. The third-order valence-corrected chi connectivity index (χ3v) is 5.98. The molecule has 3 aromatic rings. The standard InChI is InChI=1S/C23H27N7O2/c31-22-3-1-2-8-30(22)19-6-7-21(24-14-19)27-17-4-5-18(13-17)28-23-25-15-20(16-26-23)29-9-11-32-12-10-29/h1-3,6-8,14-18H,4-5,9-13H2,(H,24,27)(H,25,26,28)/t17-,18-/m0/s1. The predicted octanol–water partition coefficient (Wildman–Crippen LogP) is 2.30. The fourth-order valence-electron chi connectivity index (χ4n) is 4.27. The van der Waals surface area contributed by atoms with E-state index in [2.05, 4.69) is 30.5 Å². The molecule has 0 spiro atoms. The summed E-state index contributed by atoms with van der Waals surface area (Å²) in [6, 6.07) is 9.59. The maximum atomic E-state index is 12.0. The molecule has 5 rings (SSSR count). The van der Waals surface area contributed by atoms with Crippen molar-refractivity contribution in [3.8, 4) is 5.69 Å². The van der Waals surface area contributed by atoms with Crippen LogP contribution in [0.1, 0.15) is 19.3 Å². The molecule has 0 unspecified atom stereocenters. The summed E-state index contributed by atoms with van der Waals surface area (Å²) in [6.45, 7) is 3.25. The fourth-order valence-corrected chi connectivity index (χ4v) is 4.27. The smallest absolute Gasteiger partial charge is 0.255 e. The van der Waals surface area contributed by atoms with Gasteiger partial charge in [-0.2, -0.15) is 0 Å². The molecule has 4 heterocycles. The average Bonchev–Trinajstić information content (AvgIpc) is 3.28. The van der Waals surface area contributed by atoms with Gasteiger partial charge in [-0.05, 0) is 37.5 Å². The van der Waals surface area contributed by atoms with Crippen molar-refractivity contribution in [2.45, 2.75) is 31.3 Å². The predicted molar refractivity (Wildman–Crippen MR) is 124 cm³/mol. The van der Waals surface area contributed by atoms with Crippen LogP contribution in [0, 0.1) is 0 Å². The zero-order chi connectivity index (χ0) is 21.8. The molecular formula is C23H27N7O2. The van der Waals surface area contributed by atoms with Gasteiger partial charge in [0.05, 0.1) is 43.2 Å². The normalized spacial score (nSPS) is 20.8. The summed E-state index contributed by atoms with van der Waals surface area (Å²) in [6.07, 6.45) is 10.3. The van der Waals surface area contributed by atoms with E-state index in [1.165, 1.54) is 6.07 Å². The topological polar surface area (TPSA) is 97.2 Å². The Morgan fingerprint density at radius 3 is 2.34 bits per heavy atom. The van der Waals surface area contributed by atoms with Crippen molar-refractivity contribution in [2.24, 2.45) is 0 Å². The maximum Gasteiger partial charge on any atom is 0.255 e. The molecule has 9 nitrogen and oxygen atoms in total. The zero-order valence-electron chi connectivity index (χ0n) is 17.9. The Hall–Kier alpha value is -3.46. The molecule has 2 atom stereocenters. The number of rotatable bonds is 6. The van der Waals surface area contributed by atoms with Crippen LogP contribution in [0.2, 0.25) is 0 Å². The average molecular weight is 434 g/mol. The highest BCUT2D eigenvalue weighted by atomic mass is 16.5. The maximum absolute atomic E-state index is 12.0. The summed E-state index contributed by atoms with van der Waals surface area (Å²) in [4.78, 5) is 27.7. The van der Waals surface area contributed by atoms with Gasteiger partial charge in [0.2, 0.25) is 5.95 Å². The van der Waals surface area contributed by atoms with Crippen LogP contribution in [-0.2, 0) is 4.74 Å². The number of ether oxygens (including phenoxy) is 1. The van der Waals surface area contributed by atoms with Crippen molar-refractivity contribution >= 4 is 17.5 Å². The van der Waals surface area contributed by atoms with Crippen LogP contribution in [-0.4, -0.2) is 57.9 Å². The Labute approximate surface area is 186 Å². The van der Waals surface area contributed by atoms with Gasteiger partial charge in [-0.25, -0.2) is 15.0 Å². The van der Waals surface area contributed by atoms with Gasteiger partial charge in [0.25, 0.3) is 5.56 Å². The monoisotopic (exact) mass is 433 g/mol. The molecule has 3 aromatic heterocycles. The molecule has 166 valence electrons. The Balaban J connectivity index is 1.14. The second-order valence-corrected chi connectivity index (χ2v) is 8.17. The molecule has 2 aliphatic rings. The van der Waals surface area contributed by atoms with Crippen LogP contribution in [0.3, 0.4) is 0 Å². The van der Waals surface area contributed by atoms with Crippen LogP contribution in [0.5, 0.6) is 0 Å². The lowest BCUT2D eigenvalue weighted by molar-refractivity contribution is 0.122. The van der Waals surface area contributed by atoms with Gasteiger partial charge in [0, 0.05) is 37.4 Å². The number of hydrogen-bond donors (Lipinski definition) is 2. The minimum atomic E-state index is -0.0695. The highest BCUT2D eigenvalue weighted by Crippen LogP contribution is 2.25. The molecule has 1 aliphatic heterocycles. The van der Waals surface area contributed by atoms with Crippen LogP contribution >= 0.6 is 0 Å². The van der Waals surface area contributed by atoms with E-state index in [0.717, 1.165) is 62.8 Å². The zero-order valence-corrected chi connectivity index (χ0v) is 17.9. The first kappa shape index (κ1) is 20.4. The van der Waals surface area contributed by atoms with Crippen molar-refractivity contribution in [1.82, 2.24) is 19.5 Å². The minimum Gasteiger partial charge on any atom is -0.378 e. The van der Waals surface area contributed by atoms with Gasteiger partial charge in [0.15, 0.2) is 0 Å². The van der Waals surface area contributed by atoms with Crippen molar-refractivity contribution in [1.29, 1.82) is 0 Å². The number of aromatic nitrogens is 4. The molecular weight excluding hydrogens is 406 g/mol.